The Balaban J connectivity index is 1.54. The van der Waals surface area contributed by atoms with E-state index in [1.165, 1.54) is 0 Å². The van der Waals surface area contributed by atoms with E-state index in [0.29, 0.717) is 35.9 Å². The highest BCUT2D eigenvalue weighted by Gasteiger charge is 2.24. The molecule has 7 heteroatoms. The van der Waals surface area contributed by atoms with Gasteiger partial charge in [-0.2, -0.15) is 0 Å². The number of carbonyl (C=O) groups excluding carboxylic acids is 2. The zero-order valence-corrected chi connectivity index (χ0v) is 15.5. The lowest BCUT2D eigenvalue weighted by molar-refractivity contribution is -0.132. The summed E-state index contributed by atoms with van der Waals surface area (Å²) in [5.74, 6) is 1.23. The Morgan fingerprint density at radius 3 is 2.76 bits per heavy atom. The molecule has 0 atom stereocenters. The maximum atomic E-state index is 12.5. The molecule has 0 spiro atoms. The summed E-state index contributed by atoms with van der Waals surface area (Å²) in [6.45, 7) is 1.34. The van der Waals surface area contributed by atoms with Gasteiger partial charge in [-0.05, 0) is 40.2 Å². The molecule has 1 aromatic heterocycles. The van der Waals surface area contributed by atoms with Crippen molar-refractivity contribution in [2.75, 3.05) is 25.1 Å². The number of furan rings is 1. The molecular weight excluding hydrogens is 388 g/mol. The van der Waals surface area contributed by atoms with Crippen LogP contribution in [-0.4, -0.2) is 36.9 Å². The Labute approximate surface area is 154 Å². The molecule has 0 saturated heterocycles. The van der Waals surface area contributed by atoms with Crippen LogP contribution >= 0.6 is 15.9 Å². The number of ether oxygens (including phenoxy) is 1. The fourth-order valence-electron chi connectivity index (χ4n) is 2.73. The van der Waals surface area contributed by atoms with E-state index in [4.69, 9.17) is 9.15 Å². The second-order valence-electron chi connectivity index (χ2n) is 5.82. The minimum absolute atomic E-state index is 0.0711. The fourth-order valence-corrected chi connectivity index (χ4v) is 3.07. The van der Waals surface area contributed by atoms with Crippen molar-refractivity contribution in [3.8, 4) is 5.75 Å². The molecule has 1 aliphatic rings. The first kappa shape index (κ1) is 17.5. The van der Waals surface area contributed by atoms with Gasteiger partial charge >= 0.3 is 0 Å². The summed E-state index contributed by atoms with van der Waals surface area (Å²) in [6, 6.07) is 11.0. The molecule has 1 aliphatic heterocycles. The summed E-state index contributed by atoms with van der Waals surface area (Å²) in [5, 5.41) is 0. The quantitative estimate of drug-likeness (QED) is 0.764. The highest BCUT2D eigenvalue weighted by Crippen LogP contribution is 2.31. The highest BCUT2D eigenvalue weighted by molar-refractivity contribution is 9.10. The predicted molar refractivity (Wildman–Crippen MR) is 96.4 cm³/mol. The van der Waals surface area contributed by atoms with E-state index >= 15 is 0 Å². The topological polar surface area (TPSA) is 63.0 Å². The Morgan fingerprint density at radius 1 is 1.20 bits per heavy atom. The maximum Gasteiger partial charge on any atom is 0.227 e. The number of halogens is 1. The van der Waals surface area contributed by atoms with Crippen molar-refractivity contribution >= 4 is 33.4 Å². The van der Waals surface area contributed by atoms with E-state index in [0.717, 1.165) is 5.69 Å². The van der Waals surface area contributed by atoms with Gasteiger partial charge in [0.25, 0.3) is 0 Å². The number of benzene rings is 1. The standard InChI is InChI=1S/C18H19BrN2O4/c1-20(12-13-6-7-16(19)25-13)17(22)8-9-18(23)21-10-11-24-15-5-3-2-4-14(15)21/h2-7H,8-12H2,1H3. The van der Waals surface area contributed by atoms with E-state index in [2.05, 4.69) is 15.9 Å². The monoisotopic (exact) mass is 406 g/mol. The number of amides is 2. The summed E-state index contributed by atoms with van der Waals surface area (Å²) in [5.41, 5.74) is 0.764. The number of carbonyl (C=O) groups is 2. The average Bonchev–Trinajstić information content (AvgIpc) is 3.03. The molecule has 2 heterocycles. The second kappa shape index (κ2) is 7.74. The zero-order chi connectivity index (χ0) is 17.8. The zero-order valence-electron chi connectivity index (χ0n) is 13.9. The van der Waals surface area contributed by atoms with Crippen molar-refractivity contribution in [1.29, 1.82) is 0 Å². The van der Waals surface area contributed by atoms with Gasteiger partial charge in [0.15, 0.2) is 4.67 Å². The Bertz CT molecular complexity index is 774. The molecule has 0 fully saturated rings. The van der Waals surface area contributed by atoms with Gasteiger partial charge in [0.05, 0.1) is 18.8 Å². The molecule has 25 heavy (non-hydrogen) atoms. The first-order chi connectivity index (χ1) is 12.0. The smallest absolute Gasteiger partial charge is 0.227 e. The molecule has 2 amide bonds. The second-order valence-corrected chi connectivity index (χ2v) is 6.60. The predicted octanol–water partition coefficient (Wildman–Crippen LogP) is 3.21. The van der Waals surface area contributed by atoms with Gasteiger partial charge in [-0.1, -0.05) is 12.1 Å². The Hall–Kier alpha value is -2.28. The van der Waals surface area contributed by atoms with Crippen LogP contribution in [0.15, 0.2) is 45.5 Å². The largest absolute Gasteiger partial charge is 0.490 e. The van der Waals surface area contributed by atoms with Crippen molar-refractivity contribution in [2.45, 2.75) is 19.4 Å². The number of fused-ring (bicyclic) bond motifs is 1. The van der Waals surface area contributed by atoms with E-state index in [-0.39, 0.29) is 24.7 Å². The summed E-state index contributed by atoms with van der Waals surface area (Å²) in [6.07, 6.45) is 0.329. The molecule has 0 radical (unpaired) electrons. The lowest BCUT2D eigenvalue weighted by Crippen LogP contribution is -2.38. The van der Waals surface area contributed by atoms with Crippen molar-refractivity contribution in [2.24, 2.45) is 0 Å². The van der Waals surface area contributed by atoms with Crippen molar-refractivity contribution < 1.29 is 18.7 Å². The van der Waals surface area contributed by atoms with Crippen LogP contribution in [0.4, 0.5) is 5.69 Å². The minimum atomic E-state index is -0.0950. The SMILES string of the molecule is CN(Cc1ccc(Br)o1)C(=O)CCC(=O)N1CCOc2ccccc21. The van der Waals surface area contributed by atoms with Gasteiger partial charge in [0, 0.05) is 19.9 Å². The highest BCUT2D eigenvalue weighted by atomic mass is 79.9. The molecule has 0 bridgehead atoms. The average molecular weight is 407 g/mol. The van der Waals surface area contributed by atoms with Gasteiger partial charge in [-0.3, -0.25) is 9.59 Å². The third kappa shape index (κ3) is 4.22. The van der Waals surface area contributed by atoms with Crippen LogP contribution in [0.1, 0.15) is 18.6 Å². The van der Waals surface area contributed by atoms with E-state index in [1.807, 2.05) is 30.3 Å². The van der Waals surface area contributed by atoms with Crippen LogP contribution in [0.5, 0.6) is 5.75 Å². The van der Waals surface area contributed by atoms with Gasteiger partial charge in [-0.15, -0.1) is 0 Å². The molecular formula is C18H19BrN2O4. The Kier molecular flexibility index (Phi) is 5.43. The van der Waals surface area contributed by atoms with E-state index < -0.39 is 0 Å². The number of para-hydroxylation sites is 2. The van der Waals surface area contributed by atoms with Crippen molar-refractivity contribution in [1.82, 2.24) is 4.90 Å². The molecule has 0 saturated carbocycles. The third-order valence-electron chi connectivity index (χ3n) is 4.03. The summed E-state index contributed by atoms with van der Waals surface area (Å²) >= 11 is 3.24. The number of hydrogen-bond acceptors (Lipinski definition) is 4. The third-order valence-corrected chi connectivity index (χ3v) is 4.46. The fraction of sp³-hybridized carbons (Fsp3) is 0.333. The normalized spacial score (nSPS) is 13.1. The number of rotatable bonds is 5. The lowest BCUT2D eigenvalue weighted by Gasteiger charge is -2.29. The maximum absolute atomic E-state index is 12.5. The van der Waals surface area contributed by atoms with Gasteiger partial charge in [-0.25, -0.2) is 0 Å². The van der Waals surface area contributed by atoms with E-state index in [9.17, 15) is 9.59 Å². The molecule has 1 aromatic carbocycles. The van der Waals surface area contributed by atoms with Crippen LogP contribution in [0.3, 0.4) is 0 Å². The first-order valence-electron chi connectivity index (χ1n) is 8.05. The molecule has 6 nitrogen and oxygen atoms in total. The lowest BCUT2D eigenvalue weighted by atomic mass is 10.2. The van der Waals surface area contributed by atoms with Gasteiger partial charge in [0.2, 0.25) is 11.8 Å². The molecule has 0 aliphatic carbocycles. The van der Waals surface area contributed by atoms with Crippen LogP contribution in [0.25, 0.3) is 0 Å². The van der Waals surface area contributed by atoms with Crippen LogP contribution < -0.4 is 9.64 Å². The van der Waals surface area contributed by atoms with Gasteiger partial charge in [0.1, 0.15) is 18.1 Å². The summed E-state index contributed by atoms with van der Waals surface area (Å²) < 4.78 is 11.6. The molecule has 132 valence electrons. The van der Waals surface area contributed by atoms with E-state index in [1.54, 1.807) is 22.9 Å². The Morgan fingerprint density at radius 2 is 2.00 bits per heavy atom. The van der Waals surface area contributed by atoms with Crippen LogP contribution in [-0.2, 0) is 16.1 Å². The van der Waals surface area contributed by atoms with Gasteiger partial charge < -0.3 is 19.0 Å². The molecule has 0 unspecified atom stereocenters. The van der Waals surface area contributed by atoms with Crippen LogP contribution in [0.2, 0.25) is 0 Å². The summed E-state index contributed by atoms with van der Waals surface area (Å²) in [7, 11) is 1.70. The van der Waals surface area contributed by atoms with Crippen molar-refractivity contribution in [3.63, 3.8) is 0 Å². The number of nitrogens with zero attached hydrogens (tertiary/aromatic N) is 2. The first-order valence-corrected chi connectivity index (χ1v) is 8.84. The molecule has 0 N–H and O–H groups in total. The minimum Gasteiger partial charge on any atom is -0.490 e. The molecule has 3 rings (SSSR count). The number of hydrogen-bond donors (Lipinski definition) is 0. The van der Waals surface area contributed by atoms with Crippen LogP contribution in [0, 0.1) is 0 Å². The van der Waals surface area contributed by atoms with Crippen molar-refractivity contribution in [3.05, 3.63) is 46.8 Å². The summed E-state index contributed by atoms with van der Waals surface area (Å²) in [4.78, 5) is 28.0. The molecule has 2 aromatic rings. The number of anilines is 1.